The van der Waals surface area contributed by atoms with Crippen molar-refractivity contribution < 1.29 is 9.18 Å². The zero-order chi connectivity index (χ0) is 22.0. The van der Waals surface area contributed by atoms with Gasteiger partial charge in [-0.05, 0) is 48.5 Å². The lowest BCUT2D eigenvalue weighted by Gasteiger charge is -2.13. The summed E-state index contributed by atoms with van der Waals surface area (Å²) in [4.78, 5) is 30.1. The summed E-state index contributed by atoms with van der Waals surface area (Å²) in [7, 11) is 0. The number of halogens is 3. The van der Waals surface area contributed by atoms with Gasteiger partial charge in [0.15, 0.2) is 5.16 Å². The summed E-state index contributed by atoms with van der Waals surface area (Å²) in [5, 5.41) is 3.95. The van der Waals surface area contributed by atoms with E-state index in [-0.39, 0.29) is 22.0 Å². The minimum Gasteiger partial charge on any atom is -0.323 e. The van der Waals surface area contributed by atoms with E-state index in [0.717, 1.165) is 17.8 Å². The lowest BCUT2D eigenvalue weighted by atomic mass is 10.2. The number of fused-ring (bicyclic) bond motifs is 1. The molecule has 1 N–H and O–H groups in total. The first-order valence-corrected chi connectivity index (χ1v) is 10.8. The predicted molar refractivity (Wildman–Crippen MR) is 123 cm³/mol. The van der Waals surface area contributed by atoms with Crippen molar-refractivity contribution in [1.82, 2.24) is 9.55 Å². The van der Waals surface area contributed by atoms with Crippen LogP contribution in [0.5, 0.6) is 0 Å². The van der Waals surface area contributed by atoms with Crippen LogP contribution >= 0.6 is 35.0 Å². The van der Waals surface area contributed by atoms with E-state index in [1.807, 2.05) is 0 Å². The molecule has 0 unspecified atom stereocenters. The van der Waals surface area contributed by atoms with Crippen molar-refractivity contribution in [2.24, 2.45) is 0 Å². The molecule has 1 amide bonds. The fraction of sp³-hybridized carbons (Fsp3) is 0.0455. The summed E-state index contributed by atoms with van der Waals surface area (Å²) in [6.45, 7) is 0. The van der Waals surface area contributed by atoms with Crippen molar-refractivity contribution in [3.8, 4) is 5.69 Å². The van der Waals surface area contributed by atoms with E-state index < -0.39 is 11.7 Å². The predicted octanol–water partition coefficient (Wildman–Crippen LogP) is 5.56. The average Bonchev–Trinajstić information content (AvgIpc) is 2.74. The molecule has 156 valence electrons. The number of rotatable bonds is 5. The molecule has 0 aliphatic heterocycles. The summed E-state index contributed by atoms with van der Waals surface area (Å²) in [5.41, 5.74) is 0.785. The van der Waals surface area contributed by atoms with Gasteiger partial charge in [0.1, 0.15) is 5.82 Å². The molecule has 5 nitrogen and oxygen atoms in total. The molecular formula is C22H14Cl2FN3O2S. The fourth-order valence-corrected chi connectivity index (χ4v) is 4.12. The highest BCUT2D eigenvalue weighted by Gasteiger charge is 2.16. The molecular weight excluding hydrogens is 460 g/mol. The van der Waals surface area contributed by atoms with E-state index in [9.17, 15) is 14.0 Å². The molecule has 0 bridgehead atoms. The van der Waals surface area contributed by atoms with E-state index >= 15 is 0 Å². The molecule has 4 aromatic rings. The first-order chi connectivity index (χ1) is 14.9. The van der Waals surface area contributed by atoms with Crippen LogP contribution in [0.4, 0.5) is 10.1 Å². The van der Waals surface area contributed by atoms with Crippen LogP contribution < -0.4 is 10.9 Å². The van der Waals surface area contributed by atoms with E-state index in [2.05, 4.69) is 10.3 Å². The smallest absolute Gasteiger partial charge is 0.266 e. The zero-order valence-electron chi connectivity index (χ0n) is 15.8. The van der Waals surface area contributed by atoms with E-state index in [4.69, 9.17) is 23.2 Å². The van der Waals surface area contributed by atoms with Crippen molar-refractivity contribution in [3.63, 3.8) is 0 Å². The Morgan fingerprint density at radius 1 is 1.03 bits per heavy atom. The first-order valence-electron chi connectivity index (χ1n) is 9.08. The highest BCUT2D eigenvalue weighted by atomic mass is 35.5. The molecule has 0 atom stereocenters. The van der Waals surface area contributed by atoms with Crippen molar-refractivity contribution in [3.05, 3.63) is 92.9 Å². The molecule has 0 fully saturated rings. The van der Waals surface area contributed by atoms with Crippen molar-refractivity contribution in [2.45, 2.75) is 5.16 Å². The van der Waals surface area contributed by atoms with Crippen LogP contribution in [0, 0.1) is 5.82 Å². The van der Waals surface area contributed by atoms with E-state index in [1.54, 1.807) is 48.5 Å². The minimum atomic E-state index is -0.634. The zero-order valence-corrected chi connectivity index (χ0v) is 18.1. The summed E-state index contributed by atoms with van der Waals surface area (Å²) < 4.78 is 15.4. The van der Waals surface area contributed by atoms with Crippen molar-refractivity contribution in [1.29, 1.82) is 0 Å². The Bertz CT molecular complexity index is 1360. The summed E-state index contributed by atoms with van der Waals surface area (Å²) in [6.07, 6.45) is 0. The number of carbonyl (C=O) groups excluding carboxylic acids is 1. The third kappa shape index (κ3) is 4.74. The Morgan fingerprint density at radius 2 is 1.81 bits per heavy atom. The van der Waals surface area contributed by atoms with Gasteiger partial charge >= 0.3 is 0 Å². The highest BCUT2D eigenvalue weighted by molar-refractivity contribution is 7.99. The molecule has 0 radical (unpaired) electrons. The third-order valence-electron chi connectivity index (χ3n) is 4.35. The topological polar surface area (TPSA) is 64.0 Å². The van der Waals surface area contributed by atoms with Crippen LogP contribution in [0.2, 0.25) is 10.0 Å². The number of carbonyl (C=O) groups is 1. The standard InChI is InChI=1S/C22H14Cl2FN3O2S/c23-13-4-3-5-15(10-13)28-21(30)16-6-1-2-7-18(16)27-22(28)31-12-20(29)26-19-9-8-14(24)11-17(19)25/h1-11H,12H2,(H,26,29). The molecule has 4 rings (SSSR count). The van der Waals surface area contributed by atoms with E-state index in [1.165, 1.54) is 16.7 Å². The first kappa shape index (κ1) is 21.4. The molecule has 0 saturated heterocycles. The van der Waals surface area contributed by atoms with Gasteiger partial charge in [-0.25, -0.2) is 9.37 Å². The van der Waals surface area contributed by atoms with Gasteiger partial charge in [0, 0.05) is 10.0 Å². The van der Waals surface area contributed by atoms with Gasteiger partial charge in [0.25, 0.3) is 5.56 Å². The summed E-state index contributed by atoms with van der Waals surface area (Å²) >= 11 is 12.9. The molecule has 0 saturated carbocycles. The Labute approximate surface area is 190 Å². The molecule has 0 aliphatic rings. The maximum Gasteiger partial charge on any atom is 0.266 e. The fourth-order valence-electron chi connectivity index (χ4n) is 2.96. The van der Waals surface area contributed by atoms with Crippen molar-refractivity contribution >= 4 is 57.5 Å². The average molecular weight is 474 g/mol. The van der Waals surface area contributed by atoms with Gasteiger partial charge in [-0.3, -0.25) is 14.2 Å². The number of amides is 1. The molecule has 3 aromatic carbocycles. The summed E-state index contributed by atoms with van der Waals surface area (Å²) in [6, 6.07) is 17.7. The van der Waals surface area contributed by atoms with Crippen LogP contribution in [-0.4, -0.2) is 21.2 Å². The normalized spacial score (nSPS) is 10.9. The second kappa shape index (κ2) is 9.09. The number of benzene rings is 3. The Hall–Kier alpha value is -2.87. The van der Waals surface area contributed by atoms with Crippen LogP contribution in [0.1, 0.15) is 0 Å². The molecule has 31 heavy (non-hydrogen) atoms. The second-order valence-electron chi connectivity index (χ2n) is 6.49. The second-order valence-corrected chi connectivity index (χ2v) is 8.31. The lowest BCUT2D eigenvalue weighted by molar-refractivity contribution is -0.113. The number of thioether (sulfide) groups is 1. The number of hydrogen-bond donors (Lipinski definition) is 1. The van der Waals surface area contributed by atoms with E-state index in [0.29, 0.717) is 26.8 Å². The molecule has 0 spiro atoms. The van der Waals surface area contributed by atoms with Gasteiger partial charge in [0.2, 0.25) is 5.91 Å². The van der Waals surface area contributed by atoms with Crippen LogP contribution in [0.3, 0.4) is 0 Å². The summed E-state index contributed by atoms with van der Waals surface area (Å²) in [5.74, 6) is -1.18. The Balaban J connectivity index is 1.67. The Morgan fingerprint density at radius 3 is 2.58 bits per heavy atom. The Kier molecular flexibility index (Phi) is 6.27. The molecule has 0 aliphatic carbocycles. The van der Waals surface area contributed by atoms with Gasteiger partial charge in [-0.2, -0.15) is 0 Å². The van der Waals surface area contributed by atoms with Crippen molar-refractivity contribution in [2.75, 3.05) is 11.1 Å². The highest BCUT2D eigenvalue weighted by Crippen LogP contribution is 2.24. The number of nitrogens with one attached hydrogen (secondary N) is 1. The lowest BCUT2D eigenvalue weighted by Crippen LogP contribution is -2.23. The van der Waals surface area contributed by atoms with Gasteiger partial charge < -0.3 is 5.32 Å². The maximum absolute atomic E-state index is 13.9. The van der Waals surface area contributed by atoms with Gasteiger partial charge in [-0.15, -0.1) is 0 Å². The number of hydrogen-bond acceptors (Lipinski definition) is 4. The molecule has 9 heteroatoms. The van der Waals surface area contributed by atoms with Gasteiger partial charge in [-0.1, -0.05) is 53.2 Å². The number of aromatic nitrogens is 2. The molecule has 1 aromatic heterocycles. The number of anilines is 1. The largest absolute Gasteiger partial charge is 0.323 e. The van der Waals surface area contributed by atoms with Crippen LogP contribution in [0.15, 0.2) is 76.7 Å². The molecule has 1 heterocycles. The quantitative estimate of drug-likeness (QED) is 0.304. The maximum atomic E-state index is 13.9. The van der Waals surface area contributed by atoms with Crippen LogP contribution in [0.25, 0.3) is 16.6 Å². The monoisotopic (exact) mass is 473 g/mol. The number of para-hydroxylation sites is 1. The van der Waals surface area contributed by atoms with Crippen LogP contribution in [-0.2, 0) is 4.79 Å². The minimum absolute atomic E-state index is 0.0219. The SMILES string of the molecule is O=C(CSc1nc2ccccc2c(=O)n1-c1cccc(Cl)c1)Nc1ccc(Cl)cc1F. The third-order valence-corrected chi connectivity index (χ3v) is 5.76. The number of nitrogens with zero attached hydrogens (tertiary/aromatic N) is 2. The van der Waals surface area contributed by atoms with Gasteiger partial charge in [0.05, 0.1) is 28.0 Å².